The molecule has 0 radical (unpaired) electrons. The molecule has 0 aromatic heterocycles. The van der Waals surface area contributed by atoms with Crippen LogP contribution in [0, 0.1) is 5.92 Å². The van der Waals surface area contributed by atoms with Crippen LogP contribution in [-0.4, -0.2) is 48.8 Å². The van der Waals surface area contributed by atoms with Crippen LogP contribution in [0.4, 0.5) is 0 Å². The molecule has 1 unspecified atom stereocenters. The molecular formula is C24H34N2O. The van der Waals surface area contributed by atoms with Crippen LogP contribution in [0.15, 0.2) is 42.5 Å². The number of hydrogen-bond acceptors (Lipinski definition) is 3. The molecule has 1 aliphatic heterocycles. The van der Waals surface area contributed by atoms with E-state index in [1.807, 2.05) is 7.05 Å². The molecule has 2 N–H and O–H groups in total. The van der Waals surface area contributed by atoms with Gasteiger partial charge in [-0.25, -0.2) is 0 Å². The molecule has 1 saturated heterocycles. The van der Waals surface area contributed by atoms with Crippen LogP contribution in [0.3, 0.4) is 0 Å². The van der Waals surface area contributed by atoms with Crippen LogP contribution < -0.4 is 5.32 Å². The van der Waals surface area contributed by atoms with Crippen molar-refractivity contribution in [3.8, 4) is 0 Å². The fourth-order valence-electron chi connectivity index (χ4n) is 5.31. The van der Waals surface area contributed by atoms with Gasteiger partial charge in [-0.2, -0.15) is 0 Å². The topological polar surface area (TPSA) is 35.5 Å². The molecule has 1 saturated carbocycles. The van der Waals surface area contributed by atoms with Gasteiger partial charge in [0.1, 0.15) is 0 Å². The average molecular weight is 367 g/mol. The lowest BCUT2D eigenvalue weighted by Crippen LogP contribution is -2.44. The Morgan fingerprint density at radius 1 is 1.11 bits per heavy atom. The maximum atomic E-state index is 11.6. The van der Waals surface area contributed by atoms with E-state index < -0.39 is 5.60 Å². The van der Waals surface area contributed by atoms with Gasteiger partial charge in [-0.05, 0) is 61.7 Å². The molecule has 2 fully saturated rings. The van der Waals surface area contributed by atoms with Gasteiger partial charge in [0.25, 0.3) is 0 Å². The Hall–Kier alpha value is -1.42. The third-order valence-electron chi connectivity index (χ3n) is 6.85. The predicted molar refractivity (Wildman–Crippen MR) is 113 cm³/mol. The zero-order valence-corrected chi connectivity index (χ0v) is 16.7. The molecule has 4 rings (SSSR count). The summed E-state index contributed by atoms with van der Waals surface area (Å²) in [7, 11) is 2.05. The van der Waals surface area contributed by atoms with Crippen molar-refractivity contribution < 1.29 is 5.11 Å². The van der Waals surface area contributed by atoms with Crippen molar-refractivity contribution in [1.82, 2.24) is 10.2 Å². The van der Waals surface area contributed by atoms with Gasteiger partial charge >= 0.3 is 0 Å². The summed E-state index contributed by atoms with van der Waals surface area (Å²) in [6.07, 6.45) is 6.73. The number of aliphatic hydroxyl groups is 1. The fourth-order valence-corrected chi connectivity index (χ4v) is 5.31. The second kappa shape index (κ2) is 8.30. The first-order valence-electron chi connectivity index (χ1n) is 10.8. The van der Waals surface area contributed by atoms with Crippen LogP contribution in [0.25, 0.3) is 10.8 Å². The number of likely N-dealkylation sites (tertiary alicyclic amines) is 1. The highest BCUT2D eigenvalue weighted by atomic mass is 16.3. The van der Waals surface area contributed by atoms with Crippen molar-refractivity contribution in [2.75, 3.05) is 33.2 Å². The van der Waals surface area contributed by atoms with Crippen LogP contribution in [0.5, 0.6) is 0 Å². The van der Waals surface area contributed by atoms with Crippen molar-refractivity contribution in [1.29, 1.82) is 0 Å². The highest BCUT2D eigenvalue weighted by Crippen LogP contribution is 2.41. The molecule has 1 aliphatic carbocycles. The summed E-state index contributed by atoms with van der Waals surface area (Å²) in [6, 6.07) is 15.4. The molecule has 1 heterocycles. The van der Waals surface area contributed by atoms with Gasteiger partial charge in [0, 0.05) is 19.0 Å². The number of rotatable bonds is 6. The highest BCUT2D eigenvalue weighted by Gasteiger charge is 2.40. The van der Waals surface area contributed by atoms with Crippen LogP contribution in [0.1, 0.15) is 50.0 Å². The summed E-state index contributed by atoms with van der Waals surface area (Å²) >= 11 is 0. The Morgan fingerprint density at radius 3 is 2.67 bits per heavy atom. The SMILES string of the molecule is CNC[C@@H]1CCN(CC(c2ccc3ccccc3c2)C2(O)CCCCC2)C1. The number of hydrogen-bond donors (Lipinski definition) is 2. The maximum absolute atomic E-state index is 11.6. The minimum atomic E-state index is -0.554. The van der Waals surface area contributed by atoms with Crippen molar-refractivity contribution in [3.05, 3.63) is 48.0 Å². The molecule has 3 heteroatoms. The summed E-state index contributed by atoms with van der Waals surface area (Å²) in [5, 5.41) is 17.5. The van der Waals surface area contributed by atoms with E-state index in [9.17, 15) is 5.11 Å². The second-order valence-corrected chi connectivity index (χ2v) is 8.80. The zero-order valence-electron chi connectivity index (χ0n) is 16.7. The lowest BCUT2D eigenvalue weighted by Gasteiger charge is -2.41. The van der Waals surface area contributed by atoms with Crippen molar-refractivity contribution in [2.45, 2.75) is 50.0 Å². The Balaban J connectivity index is 1.61. The summed E-state index contributed by atoms with van der Waals surface area (Å²) < 4.78 is 0. The molecule has 2 aliphatic rings. The first-order valence-corrected chi connectivity index (χ1v) is 10.8. The van der Waals surface area contributed by atoms with E-state index >= 15 is 0 Å². The molecule has 0 amide bonds. The molecule has 3 nitrogen and oxygen atoms in total. The zero-order chi connectivity index (χ0) is 18.7. The smallest absolute Gasteiger partial charge is 0.0728 e. The van der Waals surface area contributed by atoms with E-state index in [1.54, 1.807) is 0 Å². The Kier molecular flexibility index (Phi) is 5.82. The summed E-state index contributed by atoms with van der Waals surface area (Å²) in [5.41, 5.74) is 0.761. The Labute approximate surface area is 163 Å². The summed E-state index contributed by atoms with van der Waals surface area (Å²) in [6.45, 7) is 4.39. The first kappa shape index (κ1) is 18.9. The normalized spacial score (nSPS) is 24.3. The van der Waals surface area contributed by atoms with E-state index in [1.165, 1.54) is 29.2 Å². The molecule has 2 aromatic rings. The average Bonchev–Trinajstić information content (AvgIpc) is 3.14. The third kappa shape index (κ3) is 4.21. The van der Waals surface area contributed by atoms with Crippen molar-refractivity contribution in [2.24, 2.45) is 5.92 Å². The number of benzene rings is 2. The van der Waals surface area contributed by atoms with E-state index in [2.05, 4.69) is 52.7 Å². The van der Waals surface area contributed by atoms with Gasteiger partial charge in [0.15, 0.2) is 0 Å². The predicted octanol–water partition coefficient (Wildman–Crippen LogP) is 4.16. The van der Waals surface area contributed by atoms with E-state index in [-0.39, 0.29) is 5.92 Å². The highest BCUT2D eigenvalue weighted by molar-refractivity contribution is 5.83. The van der Waals surface area contributed by atoms with E-state index in [0.717, 1.165) is 57.8 Å². The van der Waals surface area contributed by atoms with Crippen molar-refractivity contribution >= 4 is 10.8 Å². The lowest BCUT2D eigenvalue weighted by atomic mass is 9.72. The van der Waals surface area contributed by atoms with Gasteiger partial charge in [-0.1, -0.05) is 61.7 Å². The fraction of sp³-hybridized carbons (Fsp3) is 0.583. The van der Waals surface area contributed by atoms with Crippen LogP contribution >= 0.6 is 0 Å². The molecular weight excluding hydrogens is 332 g/mol. The molecule has 0 spiro atoms. The number of nitrogens with one attached hydrogen (secondary N) is 1. The molecule has 2 atom stereocenters. The van der Waals surface area contributed by atoms with E-state index in [0.29, 0.717) is 0 Å². The minimum absolute atomic E-state index is 0.204. The van der Waals surface area contributed by atoms with Crippen LogP contribution in [-0.2, 0) is 0 Å². The first-order chi connectivity index (χ1) is 13.2. The van der Waals surface area contributed by atoms with Gasteiger partial charge in [-0.3, -0.25) is 0 Å². The monoisotopic (exact) mass is 366 g/mol. The quantitative estimate of drug-likeness (QED) is 0.806. The lowest BCUT2D eigenvalue weighted by molar-refractivity contribution is -0.0295. The largest absolute Gasteiger partial charge is 0.389 e. The van der Waals surface area contributed by atoms with Gasteiger partial charge in [-0.15, -0.1) is 0 Å². The standard InChI is InChI=1S/C24H34N2O/c1-25-16-19-11-14-26(17-19)18-23(24(27)12-5-2-6-13-24)22-10-9-20-7-3-4-8-21(20)15-22/h3-4,7-10,15,19,23,25,27H,2,5-6,11-14,16-18H2,1H3/t19-,23?/m0/s1. The Morgan fingerprint density at radius 2 is 1.89 bits per heavy atom. The molecule has 0 bridgehead atoms. The Bertz CT molecular complexity index is 753. The minimum Gasteiger partial charge on any atom is -0.389 e. The summed E-state index contributed by atoms with van der Waals surface area (Å²) in [4.78, 5) is 2.59. The molecule has 27 heavy (non-hydrogen) atoms. The third-order valence-corrected chi connectivity index (χ3v) is 6.85. The number of fused-ring (bicyclic) bond motifs is 1. The van der Waals surface area contributed by atoms with Gasteiger partial charge in [0.05, 0.1) is 5.60 Å². The van der Waals surface area contributed by atoms with Gasteiger partial charge < -0.3 is 15.3 Å². The van der Waals surface area contributed by atoms with Gasteiger partial charge in [0.2, 0.25) is 0 Å². The summed E-state index contributed by atoms with van der Waals surface area (Å²) in [5.74, 6) is 0.948. The van der Waals surface area contributed by atoms with Crippen molar-refractivity contribution in [3.63, 3.8) is 0 Å². The maximum Gasteiger partial charge on any atom is 0.0728 e. The number of nitrogens with zero attached hydrogens (tertiary/aromatic N) is 1. The molecule has 2 aromatic carbocycles. The van der Waals surface area contributed by atoms with Crippen LogP contribution in [0.2, 0.25) is 0 Å². The molecule has 146 valence electrons. The second-order valence-electron chi connectivity index (χ2n) is 8.80. The van der Waals surface area contributed by atoms with E-state index in [4.69, 9.17) is 0 Å².